The molecule has 0 aliphatic carbocycles. The van der Waals surface area contributed by atoms with Crippen LogP contribution in [0.5, 0.6) is 0 Å². The van der Waals surface area contributed by atoms with E-state index >= 15 is 0 Å². The third-order valence-electron chi connectivity index (χ3n) is 4.29. The van der Waals surface area contributed by atoms with E-state index in [0.717, 1.165) is 24.2 Å². The van der Waals surface area contributed by atoms with Crippen molar-refractivity contribution in [2.45, 2.75) is 6.54 Å². The molecule has 3 aromatic rings. The molecule has 1 aliphatic rings. The largest absolute Gasteiger partial charge is 0.338 e. The van der Waals surface area contributed by atoms with Gasteiger partial charge in [0.1, 0.15) is 0 Å². The SMILES string of the molecule is O=C(c1ccccc1)N1CCN(Cc2nc(-c3ccsc3)no2)CC1. The predicted octanol–water partition coefficient (Wildman–Crippen LogP) is 2.76. The summed E-state index contributed by atoms with van der Waals surface area (Å²) in [5.74, 6) is 1.34. The van der Waals surface area contributed by atoms with Crippen LogP contribution in [-0.4, -0.2) is 52.0 Å². The predicted molar refractivity (Wildman–Crippen MR) is 95.2 cm³/mol. The normalized spacial score (nSPS) is 15.4. The van der Waals surface area contributed by atoms with Crippen molar-refractivity contribution in [2.24, 2.45) is 0 Å². The molecule has 0 N–H and O–H groups in total. The van der Waals surface area contributed by atoms with E-state index in [9.17, 15) is 4.79 Å². The summed E-state index contributed by atoms with van der Waals surface area (Å²) >= 11 is 1.61. The Balaban J connectivity index is 1.33. The van der Waals surface area contributed by atoms with Crippen molar-refractivity contribution in [2.75, 3.05) is 26.2 Å². The minimum atomic E-state index is 0.0952. The lowest BCUT2D eigenvalue weighted by Crippen LogP contribution is -2.48. The van der Waals surface area contributed by atoms with Crippen molar-refractivity contribution in [3.05, 3.63) is 58.6 Å². The smallest absolute Gasteiger partial charge is 0.253 e. The Labute approximate surface area is 149 Å². The number of amides is 1. The maximum Gasteiger partial charge on any atom is 0.253 e. The van der Waals surface area contributed by atoms with Crippen LogP contribution in [0.1, 0.15) is 16.2 Å². The van der Waals surface area contributed by atoms with E-state index in [2.05, 4.69) is 15.0 Å². The van der Waals surface area contributed by atoms with Gasteiger partial charge in [-0.05, 0) is 23.6 Å². The van der Waals surface area contributed by atoms with E-state index in [0.29, 0.717) is 31.3 Å². The monoisotopic (exact) mass is 354 g/mol. The molecule has 0 radical (unpaired) electrons. The summed E-state index contributed by atoms with van der Waals surface area (Å²) in [6.45, 7) is 3.63. The molecule has 4 rings (SSSR count). The third kappa shape index (κ3) is 3.62. The highest BCUT2D eigenvalue weighted by atomic mass is 32.1. The summed E-state index contributed by atoms with van der Waals surface area (Å²) in [6, 6.07) is 11.4. The van der Waals surface area contributed by atoms with Gasteiger partial charge in [-0.25, -0.2) is 0 Å². The molecule has 1 aromatic carbocycles. The fourth-order valence-corrected chi connectivity index (χ4v) is 3.53. The summed E-state index contributed by atoms with van der Waals surface area (Å²) in [4.78, 5) is 21.1. The minimum Gasteiger partial charge on any atom is -0.338 e. The topological polar surface area (TPSA) is 62.5 Å². The maximum absolute atomic E-state index is 12.5. The first-order chi connectivity index (χ1) is 12.3. The second kappa shape index (κ2) is 7.16. The molecule has 1 fully saturated rings. The zero-order valence-corrected chi connectivity index (χ0v) is 14.5. The van der Waals surface area contributed by atoms with Gasteiger partial charge in [-0.2, -0.15) is 16.3 Å². The van der Waals surface area contributed by atoms with Crippen LogP contribution in [-0.2, 0) is 6.54 Å². The molecule has 0 saturated carbocycles. The molecule has 0 bridgehead atoms. The number of hydrogen-bond acceptors (Lipinski definition) is 6. The molecule has 2 aromatic heterocycles. The standard InChI is InChI=1S/C18H18N4O2S/c23-18(14-4-2-1-3-5-14)22-9-7-21(8-10-22)12-16-19-17(20-24-16)15-6-11-25-13-15/h1-6,11,13H,7-10,12H2. The van der Waals surface area contributed by atoms with Crippen molar-refractivity contribution in [3.8, 4) is 11.4 Å². The summed E-state index contributed by atoms with van der Waals surface area (Å²) in [7, 11) is 0. The van der Waals surface area contributed by atoms with E-state index in [1.165, 1.54) is 0 Å². The number of thiophene rings is 1. The molecule has 128 valence electrons. The second-order valence-electron chi connectivity index (χ2n) is 5.96. The molecule has 3 heterocycles. The maximum atomic E-state index is 12.5. The van der Waals surface area contributed by atoms with Crippen molar-refractivity contribution >= 4 is 17.2 Å². The van der Waals surface area contributed by atoms with Crippen LogP contribution < -0.4 is 0 Å². The number of carbonyl (C=O) groups excluding carboxylic acids is 1. The molecule has 1 saturated heterocycles. The van der Waals surface area contributed by atoms with Crippen LogP contribution in [0, 0.1) is 0 Å². The van der Waals surface area contributed by atoms with E-state index in [1.54, 1.807) is 11.3 Å². The van der Waals surface area contributed by atoms with Crippen LogP contribution in [0.2, 0.25) is 0 Å². The number of benzene rings is 1. The Morgan fingerprint density at radius 3 is 2.64 bits per heavy atom. The van der Waals surface area contributed by atoms with Crippen LogP contribution in [0.25, 0.3) is 11.4 Å². The van der Waals surface area contributed by atoms with Crippen molar-refractivity contribution in [1.29, 1.82) is 0 Å². The zero-order valence-electron chi connectivity index (χ0n) is 13.7. The fourth-order valence-electron chi connectivity index (χ4n) is 2.89. The lowest BCUT2D eigenvalue weighted by Gasteiger charge is -2.34. The van der Waals surface area contributed by atoms with Gasteiger partial charge in [0.25, 0.3) is 5.91 Å². The van der Waals surface area contributed by atoms with Crippen molar-refractivity contribution in [3.63, 3.8) is 0 Å². The van der Waals surface area contributed by atoms with Gasteiger partial charge in [0.15, 0.2) is 0 Å². The van der Waals surface area contributed by atoms with Gasteiger partial charge in [-0.3, -0.25) is 9.69 Å². The highest BCUT2D eigenvalue weighted by Crippen LogP contribution is 2.19. The first-order valence-electron chi connectivity index (χ1n) is 8.21. The van der Waals surface area contributed by atoms with E-state index < -0.39 is 0 Å². The molecule has 0 spiro atoms. The Morgan fingerprint density at radius 2 is 1.92 bits per heavy atom. The average Bonchev–Trinajstić information content (AvgIpc) is 3.34. The van der Waals surface area contributed by atoms with Gasteiger partial charge in [0.2, 0.25) is 11.7 Å². The molecular weight excluding hydrogens is 336 g/mol. The first-order valence-corrected chi connectivity index (χ1v) is 9.16. The van der Waals surface area contributed by atoms with Gasteiger partial charge in [0, 0.05) is 42.7 Å². The van der Waals surface area contributed by atoms with Gasteiger partial charge in [0.05, 0.1) is 6.54 Å². The molecule has 6 nitrogen and oxygen atoms in total. The van der Waals surface area contributed by atoms with Crippen molar-refractivity contribution in [1.82, 2.24) is 19.9 Å². The number of nitrogens with zero attached hydrogens (tertiary/aromatic N) is 4. The summed E-state index contributed by atoms with van der Waals surface area (Å²) in [5.41, 5.74) is 1.73. The van der Waals surface area contributed by atoms with Crippen LogP contribution in [0.15, 0.2) is 51.7 Å². The Bertz CT molecular complexity index is 824. The van der Waals surface area contributed by atoms with E-state index in [4.69, 9.17) is 4.52 Å². The summed E-state index contributed by atoms with van der Waals surface area (Å²) in [6.07, 6.45) is 0. The quantitative estimate of drug-likeness (QED) is 0.721. The molecule has 1 aliphatic heterocycles. The van der Waals surface area contributed by atoms with Gasteiger partial charge >= 0.3 is 0 Å². The molecule has 25 heavy (non-hydrogen) atoms. The number of carbonyl (C=O) groups is 1. The lowest BCUT2D eigenvalue weighted by atomic mass is 10.2. The summed E-state index contributed by atoms with van der Waals surface area (Å²) < 4.78 is 5.36. The van der Waals surface area contributed by atoms with Crippen LogP contribution in [0.3, 0.4) is 0 Å². The highest BCUT2D eigenvalue weighted by molar-refractivity contribution is 7.08. The van der Waals surface area contributed by atoms with Crippen LogP contribution in [0.4, 0.5) is 0 Å². The second-order valence-corrected chi connectivity index (χ2v) is 6.74. The highest BCUT2D eigenvalue weighted by Gasteiger charge is 2.23. The Morgan fingerprint density at radius 1 is 1.12 bits per heavy atom. The number of aromatic nitrogens is 2. The average molecular weight is 354 g/mol. The number of hydrogen-bond donors (Lipinski definition) is 0. The molecule has 7 heteroatoms. The third-order valence-corrected chi connectivity index (χ3v) is 4.97. The van der Waals surface area contributed by atoms with Gasteiger partial charge in [-0.1, -0.05) is 23.4 Å². The fraction of sp³-hybridized carbons (Fsp3) is 0.278. The lowest BCUT2D eigenvalue weighted by molar-refractivity contribution is 0.0615. The Kier molecular flexibility index (Phi) is 4.58. The van der Waals surface area contributed by atoms with Crippen LogP contribution >= 0.6 is 11.3 Å². The molecule has 0 unspecified atom stereocenters. The number of rotatable bonds is 4. The molecular formula is C18H18N4O2S. The van der Waals surface area contributed by atoms with E-state index in [-0.39, 0.29) is 5.91 Å². The number of piperazine rings is 1. The molecule has 1 amide bonds. The Hall–Kier alpha value is -2.51. The van der Waals surface area contributed by atoms with Crippen molar-refractivity contribution < 1.29 is 9.32 Å². The molecule has 0 atom stereocenters. The van der Waals surface area contributed by atoms with Gasteiger partial charge < -0.3 is 9.42 Å². The van der Waals surface area contributed by atoms with E-state index in [1.807, 2.05) is 52.1 Å². The zero-order chi connectivity index (χ0) is 17.1. The first kappa shape index (κ1) is 16.0. The minimum absolute atomic E-state index is 0.0952. The summed E-state index contributed by atoms with van der Waals surface area (Å²) in [5, 5.41) is 8.03. The van der Waals surface area contributed by atoms with Gasteiger partial charge in [-0.15, -0.1) is 0 Å².